The molecule has 0 saturated carbocycles. The van der Waals surface area contributed by atoms with Crippen LogP contribution in [0.3, 0.4) is 0 Å². The molecule has 0 amide bonds. The fraction of sp³-hybridized carbons (Fsp3) is 0.545. The number of aryl methyl sites for hydroxylation is 1. The van der Waals surface area contributed by atoms with E-state index in [1.165, 1.54) is 6.07 Å². The lowest BCUT2D eigenvalue weighted by atomic mass is 10.1. The molecular formula is C11H16N2O5S. The lowest BCUT2D eigenvalue weighted by molar-refractivity contribution is -0.139. The standard InChI is InChI=1S/C11H16N2O5S/c1-6-4-7(14)13(18-6)8(15)5-19-11(2,3)9(12)10(16)17/h4,9H,5,12H2,1-3H3,(H,16,17)/t9-/m1/s1. The maximum Gasteiger partial charge on any atom is 0.321 e. The fourth-order valence-corrected chi connectivity index (χ4v) is 2.21. The SMILES string of the molecule is Cc1cc(=O)n(C(=O)CSC(C)(C)[C@H](N)C(=O)O)o1. The van der Waals surface area contributed by atoms with Gasteiger partial charge in [0.1, 0.15) is 11.8 Å². The average molecular weight is 288 g/mol. The van der Waals surface area contributed by atoms with Gasteiger partial charge in [0.15, 0.2) is 0 Å². The van der Waals surface area contributed by atoms with Crippen LogP contribution in [0.25, 0.3) is 0 Å². The number of hydrogen-bond acceptors (Lipinski definition) is 6. The first-order chi connectivity index (χ1) is 8.65. The summed E-state index contributed by atoms with van der Waals surface area (Å²) in [7, 11) is 0. The zero-order valence-corrected chi connectivity index (χ0v) is 11.7. The molecule has 1 atom stereocenters. The quantitative estimate of drug-likeness (QED) is 0.801. The zero-order chi connectivity index (χ0) is 14.8. The molecule has 0 aliphatic heterocycles. The highest BCUT2D eigenvalue weighted by Crippen LogP contribution is 2.27. The fourth-order valence-electron chi connectivity index (χ4n) is 1.32. The Morgan fingerprint density at radius 2 is 2.16 bits per heavy atom. The molecule has 3 N–H and O–H groups in total. The molecule has 0 fully saturated rings. The molecular weight excluding hydrogens is 272 g/mol. The number of aliphatic carboxylic acids is 1. The number of hydrogen-bond donors (Lipinski definition) is 2. The molecule has 7 nitrogen and oxygen atoms in total. The molecule has 8 heteroatoms. The Bertz CT molecular complexity index is 546. The highest BCUT2D eigenvalue weighted by Gasteiger charge is 2.33. The van der Waals surface area contributed by atoms with E-state index in [2.05, 4.69) is 0 Å². The topological polar surface area (TPSA) is 116 Å². The highest BCUT2D eigenvalue weighted by atomic mass is 32.2. The molecule has 1 aromatic rings. The molecule has 106 valence electrons. The van der Waals surface area contributed by atoms with E-state index < -0.39 is 28.2 Å². The van der Waals surface area contributed by atoms with Gasteiger partial charge in [-0.25, -0.2) is 0 Å². The van der Waals surface area contributed by atoms with Crippen molar-refractivity contribution in [2.75, 3.05) is 5.75 Å². The van der Waals surface area contributed by atoms with Gasteiger partial charge in [0.25, 0.3) is 11.5 Å². The van der Waals surface area contributed by atoms with Crippen LogP contribution in [-0.4, -0.2) is 38.3 Å². The van der Waals surface area contributed by atoms with E-state index in [-0.39, 0.29) is 5.75 Å². The van der Waals surface area contributed by atoms with Crippen LogP contribution in [0.2, 0.25) is 0 Å². The monoisotopic (exact) mass is 288 g/mol. The third-order valence-corrected chi connectivity index (χ3v) is 3.96. The van der Waals surface area contributed by atoms with Gasteiger partial charge in [-0.05, 0) is 20.8 Å². The number of thioether (sulfide) groups is 1. The van der Waals surface area contributed by atoms with Gasteiger partial charge in [-0.15, -0.1) is 16.5 Å². The number of carboxylic acids is 1. The molecule has 0 unspecified atom stereocenters. The van der Waals surface area contributed by atoms with Crippen molar-refractivity contribution in [1.29, 1.82) is 0 Å². The number of carbonyl (C=O) groups excluding carboxylic acids is 1. The molecule has 0 bridgehead atoms. The van der Waals surface area contributed by atoms with Crippen molar-refractivity contribution in [3.63, 3.8) is 0 Å². The summed E-state index contributed by atoms with van der Waals surface area (Å²) in [5.74, 6) is -1.45. The van der Waals surface area contributed by atoms with Gasteiger partial charge in [-0.3, -0.25) is 14.4 Å². The lowest BCUT2D eigenvalue weighted by Gasteiger charge is -2.27. The summed E-state index contributed by atoms with van der Waals surface area (Å²) in [4.78, 5) is 34.0. The van der Waals surface area contributed by atoms with Crippen molar-refractivity contribution >= 4 is 23.6 Å². The van der Waals surface area contributed by atoms with Crippen molar-refractivity contribution in [2.24, 2.45) is 5.73 Å². The predicted molar refractivity (Wildman–Crippen MR) is 70.5 cm³/mol. The van der Waals surface area contributed by atoms with Gasteiger partial charge < -0.3 is 15.4 Å². The lowest BCUT2D eigenvalue weighted by Crippen LogP contribution is -2.47. The number of carbonyl (C=O) groups is 2. The summed E-state index contributed by atoms with van der Waals surface area (Å²) in [6.07, 6.45) is 0. The van der Waals surface area contributed by atoms with Crippen LogP contribution in [0.15, 0.2) is 15.4 Å². The van der Waals surface area contributed by atoms with Crippen LogP contribution in [0.5, 0.6) is 0 Å². The van der Waals surface area contributed by atoms with Gasteiger partial charge in [-0.2, -0.15) is 0 Å². The summed E-state index contributed by atoms with van der Waals surface area (Å²) in [6, 6.07) is 0.0943. The second-order valence-corrected chi connectivity index (χ2v) is 6.21. The Hall–Kier alpha value is -1.54. The Kier molecular flexibility index (Phi) is 4.59. The normalized spacial score (nSPS) is 13.3. The van der Waals surface area contributed by atoms with Crippen LogP contribution in [0.4, 0.5) is 0 Å². The van der Waals surface area contributed by atoms with Gasteiger partial charge in [0.05, 0.1) is 5.75 Å². The van der Waals surface area contributed by atoms with E-state index in [0.717, 1.165) is 11.8 Å². The molecule has 1 aromatic heterocycles. The smallest absolute Gasteiger partial charge is 0.321 e. The number of rotatable bonds is 5. The third kappa shape index (κ3) is 3.71. The van der Waals surface area contributed by atoms with E-state index >= 15 is 0 Å². The number of aromatic nitrogens is 1. The average Bonchev–Trinajstić information content (AvgIpc) is 2.64. The molecule has 1 heterocycles. The van der Waals surface area contributed by atoms with E-state index in [9.17, 15) is 14.4 Å². The molecule has 0 spiro atoms. The summed E-state index contributed by atoms with van der Waals surface area (Å²) >= 11 is 1.06. The second-order valence-electron chi connectivity index (χ2n) is 4.58. The summed E-state index contributed by atoms with van der Waals surface area (Å²) < 4.78 is 4.76. The number of nitrogens with two attached hydrogens (primary N) is 1. The zero-order valence-electron chi connectivity index (χ0n) is 10.9. The molecule has 0 saturated heterocycles. The summed E-state index contributed by atoms with van der Waals surface area (Å²) in [6.45, 7) is 4.81. The molecule has 0 aromatic carbocycles. The first-order valence-corrected chi connectivity index (χ1v) is 6.49. The molecule has 0 aliphatic rings. The Morgan fingerprint density at radius 1 is 1.58 bits per heavy atom. The van der Waals surface area contributed by atoms with E-state index in [1.807, 2.05) is 0 Å². The van der Waals surface area contributed by atoms with Crippen LogP contribution in [0, 0.1) is 6.92 Å². The summed E-state index contributed by atoms with van der Waals surface area (Å²) in [5, 5.41) is 8.85. The van der Waals surface area contributed by atoms with E-state index in [0.29, 0.717) is 10.5 Å². The van der Waals surface area contributed by atoms with Crippen LogP contribution in [-0.2, 0) is 4.79 Å². The molecule has 1 rings (SSSR count). The van der Waals surface area contributed by atoms with Crippen molar-refractivity contribution in [1.82, 2.24) is 4.74 Å². The van der Waals surface area contributed by atoms with Crippen molar-refractivity contribution in [3.8, 4) is 0 Å². The van der Waals surface area contributed by atoms with Gasteiger partial charge in [0.2, 0.25) is 0 Å². The van der Waals surface area contributed by atoms with Gasteiger partial charge in [0, 0.05) is 10.8 Å². The minimum atomic E-state index is -1.14. The van der Waals surface area contributed by atoms with E-state index in [1.54, 1.807) is 20.8 Å². The Morgan fingerprint density at radius 3 is 2.58 bits per heavy atom. The molecule has 0 radical (unpaired) electrons. The third-order valence-electron chi connectivity index (χ3n) is 2.57. The van der Waals surface area contributed by atoms with Crippen molar-refractivity contribution in [3.05, 3.63) is 22.2 Å². The molecule has 19 heavy (non-hydrogen) atoms. The largest absolute Gasteiger partial charge is 0.480 e. The van der Waals surface area contributed by atoms with Crippen molar-refractivity contribution in [2.45, 2.75) is 31.6 Å². The van der Waals surface area contributed by atoms with Crippen LogP contribution in [0.1, 0.15) is 24.4 Å². The van der Waals surface area contributed by atoms with Gasteiger partial charge >= 0.3 is 5.97 Å². The van der Waals surface area contributed by atoms with Crippen molar-refractivity contribution < 1.29 is 19.2 Å². The van der Waals surface area contributed by atoms with Crippen LogP contribution >= 0.6 is 11.8 Å². The first kappa shape index (κ1) is 15.5. The van der Waals surface area contributed by atoms with Gasteiger partial charge in [-0.1, -0.05) is 0 Å². The highest BCUT2D eigenvalue weighted by molar-refractivity contribution is 8.01. The maximum atomic E-state index is 11.8. The van der Waals surface area contributed by atoms with E-state index in [4.69, 9.17) is 15.4 Å². The van der Waals surface area contributed by atoms with Crippen LogP contribution < -0.4 is 11.3 Å². The minimum Gasteiger partial charge on any atom is -0.480 e. The summed E-state index contributed by atoms with van der Waals surface area (Å²) in [5.41, 5.74) is 4.99. The first-order valence-electron chi connectivity index (χ1n) is 5.50. The predicted octanol–water partition coefficient (Wildman–Crippen LogP) is 0.314. The maximum absolute atomic E-state index is 11.8. The minimum absolute atomic E-state index is 0.0964. The molecule has 0 aliphatic carbocycles. The Balaban J connectivity index is 2.72. The Labute approximate surface area is 113 Å². The number of carboxylic acid groups (broad SMARTS) is 1. The second kappa shape index (κ2) is 5.62. The number of nitrogens with zero attached hydrogens (tertiary/aromatic N) is 1.